The van der Waals surface area contributed by atoms with Gasteiger partial charge in [-0.2, -0.15) is 10.4 Å². The molecule has 4 heteroatoms. The van der Waals surface area contributed by atoms with Gasteiger partial charge in [-0.05, 0) is 38.0 Å². The first kappa shape index (κ1) is 11.7. The summed E-state index contributed by atoms with van der Waals surface area (Å²) in [5, 5.41) is 14.8. The molecule has 1 saturated carbocycles. The van der Waals surface area contributed by atoms with Crippen molar-refractivity contribution in [3.63, 3.8) is 0 Å². The van der Waals surface area contributed by atoms with Crippen molar-refractivity contribution in [2.24, 2.45) is 0 Å². The third kappa shape index (κ3) is 1.93. The van der Waals surface area contributed by atoms with Gasteiger partial charge in [0.2, 0.25) is 0 Å². The van der Waals surface area contributed by atoms with Gasteiger partial charge in [-0.3, -0.25) is 4.68 Å². The summed E-state index contributed by atoms with van der Waals surface area (Å²) in [5.74, 6) is 0.623. The van der Waals surface area contributed by atoms with Crippen LogP contribution in [0.4, 0.5) is 0 Å². The monoisotopic (exact) mass is 303 g/mol. The molecule has 0 spiro atoms. The van der Waals surface area contributed by atoms with E-state index in [4.69, 9.17) is 10.4 Å². The van der Waals surface area contributed by atoms with E-state index < -0.39 is 0 Å². The van der Waals surface area contributed by atoms with E-state index in [2.05, 4.69) is 34.1 Å². The maximum absolute atomic E-state index is 8.84. The van der Waals surface area contributed by atoms with Crippen LogP contribution in [0.15, 0.2) is 22.7 Å². The smallest absolute Gasteiger partial charge is 0.0734 e. The lowest BCUT2D eigenvalue weighted by Gasteiger charge is -2.09. The molecular formula is C14H14BrN3. The molecule has 92 valence electrons. The fraction of sp³-hybridized carbons (Fsp3) is 0.429. The lowest BCUT2D eigenvalue weighted by atomic mass is 10.1. The van der Waals surface area contributed by atoms with Gasteiger partial charge in [-0.25, -0.2) is 0 Å². The van der Waals surface area contributed by atoms with Crippen molar-refractivity contribution in [2.75, 3.05) is 0 Å². The topological polar surface area (TPSA) is 41.6 Å². The van der Waals surface area contributed by atoms with Crippen LogP contribution in [0.3, 0.4) is 0 Å². The van der Waals surface area contributed by atoms with E-state index in [9.17, 15) is 0 Å². The minimum atomic E-state index is 0.131. The normalized spacial score (nSPS) is 16.7. The van der Waals surface area contributed by atoms with Crippen molar-refractivity contribution >= 4 is 26.8 Å². The highest BCUT2D eigenvalue weighted by Crippen LogP contribution is 2.43. The predicted octanol–water partition coefficient (Wildman–Crippen LogP) is 4.15. The van der Waals surface area contributed by atoms with Gasteiger partial charge < -0.3 is 0 Å². The summed E-state index contributed by atoms with van der Waals surface area (Å²) in [6, 6.07) is 8.63. The summed E-state index contributed by atoms with van der Waals surface area (Å²) in [6.45, 7) is 2.05. The lowest BCUT2D eigenvalue weighted by Crippen LogP contribution is -2.06. The molecule has 0 N–H and O–H groups in total. The number of nitriles is 1. The van der Waals surface area contributed by atoms with Gasteiger partial charge >= 0.3 is 0 Å². The van der Waals surface area contributed by atoms with Crippen molar-refractivity contribution in [3.8, 4) is 6.07 Å². The minimum Gasteiger partial charge on any atom is -0.261 e. The zero-order valence-corrected chi connectivity index (χ0v) is 11.8. The molecule has 1 unspecified atom stereocenters. The van der Waals surface area contributed by atoms with Crippen LogP contribution in [0.2, 0.25) is 0 Å². The molecule has 0 saturated heterocycles. The van der Waals surface area contributed by atoms with E-state index in [1.54, 1.807) is 0 Å². The highest BCUT2D eigenvalue weighted by atomic mass is 79.9. The molecule has 0 radical (unpaired) electrons. The summed E-state index contributed by atoms with van der Waals surface area (Å²) < 4.78 is 3.10. The van der Waals surface area contributed by atoms with Crippen LogP contribution in [-0.4, -0.2) is 9.78 Å². The van der Waals surface area contributed by atoms with E-state index >= 15 is 0 Å². The van der Waals surface area contributed by atoms with Crippen LogP contribution < -0.4 is 0 Å². The molecule has 1 atom stereocenters. The number of hydrogen-bond donors (Lipinski definition) is 0. The SMILES string of the molecule is CC(CC#N)n1nc(C2CC2)c2cc(Br)ccc21. The summed E-state index contributed by atoms with van der Waals surface area (Å²) >= 11 is 3.52. The van der Waals surface area contributed by atoms with E-state index in [1.807, 2.05) is 17.7 Å². The Hall–Kier alpha value is -1.34. The van der Waals surface area contributed by atoms with Crippen molar-refractivity contribution in [3.05, 3.63) is 28.4 Å². The first-order valence-corrected chi connectivity index (χ1v) is 7.04. The predicted molar refractivity (Wildman–Crippen MR) is 74.3 cm³/mol. The molecule has 0 amide bonds. The highest BCUT2D eigenvalue weighted by molar-refractivity contribution is 9.10. The summed E-state index contributed by atoms with van der Waals surface area (Å²) in [4.78, 5) is 0. The summed E-state index contributed by atoms with van der Waals surface area (Å²) in [5.41, 5.74) is 2.35. The van der Waals surface area contributed by atoms with Gasteiger partial charge in [0, 0.05) is 15.8 Å². The molecule has 1 aromatic carbocycles. The van der Waals surface area contributed by atoms with Crippen LogP contribution in [0.25, 0.3) is 10.9 Å². The van der Waals surface area contributed by atoms with Crippen molar-refractivity contribution in [2.45, 2.75) is 38.1 Å². The number of benzene rings is 1. The van der Waals surface area contributed by atoms with E-state index in [0.29, 0.717) is 12.3 Å². The number of nitrogens with zero attached hydrogens (tertiary/aromatic N) is 3. The van der Waals surface area contributed by atoms with Gasteiger partial charge in [0.25, 0.3) is 0 Å². The fourth-order valence-corrected chi connectivity index (χ4v) is 2.71. The molecule has 1 fully saturated rings. The van der Waals surface area contributed by atoms with Crippen LogP contribution >= 0.6 is 15.9 Å². The lowest BCUT2D eigenvalue weighted by molar-refractivity contribution is 0.511. The van der Waals surface area contributed by atoms with E-state index in [0.717, 1.165) is 9.99 Å². The molecule has 0 aliphatic heterocycles. The Balaban J connectivity index is 2.17. The van der Waals surface area contributed by atoms with E-state index in [1.165, 1.54) is 23.9 Å². The second kappa shape index (κ2) is 4.40. The van der Waals surface area contributed by atoms with Gasteiger partial charge in [0.1, 0.15) is 0 Å². The molecule has 18 heavy (non-hydrogen) atoms. The zero-order valence-electron chi connectivity index (χ0n) is 10.2. The Morgan fingerprint density at radius 1 is 1.56 bits per heavy atom. The van der Waals surface area contributed by atoms with Gasteiger partial charge in [0.05, 0.1) is 29.7 Å². The number of rotatable bonds is 3. The molecule has 1 aliphatic carbocycles. The summed E-state index contributed by atoms with van der Waals surface area (Å²) in [7, 11) is 0. The number of halogens is 1. The standard InChI is InChI=1S/C14H14BrN3/c1-9(6-7-16)18-13-5-4-11(15)8-12(13)14(17-18)10-2-3-10/h4-5,8-10H,2-3,6H2,1H3. The maximum atomic E-state index is 8.84. The second-order valence-corrected chi connectivity index (χ2v) is 5.89. The maximum Gasteiger partial charge on any atom is 0.0734 e. The largest absolute Gasteiger partial charge is 0.261 e. The van der Waals surface area contributed by atoms with Gasteiger partial charge in [0.15, 0.2) is 0 Å². The Bertz CT molecular complexity index is 634. The molecule has 0 bridgehead atoms. The number of fused-ring (bicyclic) bond motifs is 1. The first-order chi connectivity index (χ1) is 8.70. The Morgan fingerprint density at radius 3 is 3.00 bits per heavy atom. The number of aromatic nitrogens is 2. The molecule has 1 aromatic heterocycles. The number of hydrogen-bond acceptors (Lipinski definition) is 2. The van der Waals surface area contributed by atoms with Crippen LogP contribution in [0.1, 0.15) is 43.8 Å². The fourth-order valence-electron chi connectivity index (χ4n) is 2.35. The Morgan fingerprint density at radius 2 is 2.33 bits per heavy atom. The molecule has 3 nitrogen and oxygen atoms in total. The Labute approximate surface area is 115 Å². The van der Waals surface area contributed by atoms with Gasteiger partial charge in [-0.1, -0.05) is 15.9 Å². The molecule has 2 aromatic rings. The second-order valence-electron chi connectivity index (χ2n) is 4.98. The minimum absolute atomic E-state index is 0.131. The molecule has 1 heterocycles. The first-order valence-electron chi connectivity index (χ1n) is 6.25. The molecule has 1 aliphatic rings. The van der Waals surface area contributed by atoms with E-state index in [-0.39, 0.29) is 6.04 Å². The van der Waals surface area contributed by atoms with Crippen molar-refractivity contribution < 1.29 is 0 Å². The molecular weight excluding hydrogens is 290 g/mol. The van der Waals surface area contributed by atoms with Crippen LogP contribution in [-0.2, 0) is 0 Å². The third-order valence-corrected chi connectivity index (χ3v) is 3.96. The summed E-state index contributed by atoms with van der Waals surface area (Å²) in [6.07, 6.45) is 2.98. The zero-order chi connectivity index (χ0) is 12.7. The van der Waals surface area contributed by atoms with Crippen molar-refractivity contribution in [1.29, 1.82) is 5.26 Å². The quantitative estimate of drug-likeness (QED) is 0.854. The Kier molecular flexibility index (Phi) is 2.87. The van der Waals surface area contributed by atoms with Gasteiger partial charge in [-0.15, -0.1) is 0 Å². The van der Waals surface area contributed by atoms with Crippen LogP contribution in [0, 0.1) is 11.3 Å². The van der Waals surface area contributed by atoms with Crippen molar-refractivity contribution in [1.82, 2.24) is 9.78 Å². The average Bonchev–Trinajstić information content (AvgIpc) is 3.11. The van der Waals surface area contributed by atoms with Crippen LogP contribution in [0.5, 0.6) is 0 Å². The average molecular weight is 304 g/mol. The molecule has 3 rings (SSSR count). The third-order valence-electron chi connectivity index (χ3n) is 3.47. The highest BCUT2D eigenvalue weighted by Gasteiger charge is 2.29.